The molecule has 0 radical (unpaired) electrons. The van der Waals surface area contributed by atoms with Crippen molar-refractivity contribution < 1.29 is 21.3 Å². The Bertz CT molecular complexity index is 575. The van der Waals surface area contributed by atoms with Crippen molar-refractivity contribution in [2.45, 2.75) is 19.4 Å². The number of aromatic nitrogens is 1. The van der Waals surface area contributed by atoms with Gasteiger partial charge in [-0.15, -0.1) is 0 Å². The second kappa shape index (κ2) is 4.52. The number of nitrogens with zero attached hydrogens (tertiary/aromatic N) is 1. The first-order valence-corrected chi connectivity index (χ1v) is 6.56. The van der Waals surface area contributed by atoms with E-state index in [-0.39, 0.29) is 17.4 Å². The summed E-state index contributed by atoms with van der Waals surface area (Å²) < 4.78 is 36.9. The van der Waals surface area contributed by atoms with Crippen molar-refractivity contribution in [1.29, 1.82) is 0 Å². The number of nitrogens with one attached hydrogen (secondary N) is 1. The van der Waals surface area contributed by atoms with Crippen molar-refractivity contribution in [3.05, 3.63) is 24.0 Å². The van der Waals surface area contributed by atoms with Crippen LogP contribution >= 0.6 is 0 Å². The lowest BCUT2D eigenvalue weighted by Gasteiger charge is -2.05. The predicted octanol–water partition coefficient (Wildman–Crippen LogP) is 0.813. The van der Waals surface area contributed by atoms with E-state index in [2.05, 4.69) is 14.5 Å². The topological polar surface area (TPSA) is 85.4 Å². The van der Waals surface area contributed by atoms with Crippen LogP contribution in [0.5, 0.6) is 5.75 Å². The van der Waals surface area contributed by atoms with Crippen LogP contribution in [0.3, 0.4) is 0 Å². The molecule has 1 aromatic rings. The second-order valence-electron chi connectivity index (χ2n) is 4.18. The van der Waals surface area contributed by atoms with E-state index in [1.165, 1.54) is 6.20 Å². The summed E-state index contributed by atoms with van der Waals surface area (Å²) in [5.41, 5.74) is 0.121. The Kier molecular flexibility index (Phi) is 3.20. The summed E-state index contributed by atoms with van der Waals surface area (Å²) in [6, 6.07) is 1.25. The van der Waals surface area contributed by atoms with Crippen molar-refractivity contribution in [3.63, 3.8) is 0 Å². The van der Waals surface area contributed by atoms with Gasteiger partial charge in [0.15, 0.2) is 5.75 Å². The minimum absolute atomic E-state index is 0.121. The standard InChI is InChI=1S/C10H11FN2O4S/c1-6-2-9(6)13-10(14)7-3-8(5-12-4-7)17-18(11,15)16/h3-6,9H,2H2,1H3,(H,13,14)/t6-,9-/m1/s1. The fourth-order valence-corrected chi connectivity index (χ4v) is 1.80. The molecule has 1 aliphatic carbocycles. The van der Waals surface area contributed by atoms with E-state index in [0.29, 0.717) is 5.92 Å². The smallest absolute Gasteiger partial charge is 0.357 e. The zero-order chi connectivity index (χ0) is 13.3. The highest BCUT2D eigenvalue weighted by Gasteiger charge is 2.34. The Morgan fingerprint density at radius 2 is 2.22 bits per heavy atom. The number of hydrogen-bond acceptors (Lipinski definition) is 5. The Morgan fingerprint density at radius 1 is 1.56 bits per heavy atom. The average Bonchev–Trinajstić information content (AvgIpc) is 2.92. The van der Waals surface area contributed by atoms with E-state index in [0.717, 1.165) is 18.7 Å². The van der Waals surface area contributed by atoms with Crippen molar-refractivity contribution in [2.75, 3.05) is 0 Å². The van der Waals surface area contributed by atoms with E-state index < -0.39 is 16.4 Å². The highest BCUT2D eigenvalue weighted by molar-refractivity contribution is 7.81. The molecular formula is C10H11FN2O4S. The molecule has 1 N–H and O–H groups in total. The highest BCUT2D eigenvalue weighted by Crippen LogP contribution is 2.29. The largest absolute Gasteiger partial charge is 0.488 e. The van der Waals surface area contributed by atoms with Gasteiger partial charge in [-0.1, -0.05) is 10.8 Å². The van der Waals surface area contributed by atoms with E-state index in [1.807, 2.05) is 6.92 Å². The number of hydrogen-bond donors (Lipinski definition) is 1. The van der Waals surface area contributed by atoms with Crippen LogP contribution in [-0.4, -0.2) is 25.4 Å². The summed E-state index contributed by atoms with van der Waals surface area (Å²) in [4.78, 5) is 15.3. The number of carbonyl (C=O) groups is 1. The summed E-state index contributed by atoms with van der Waals surface area (Å²) in [5.74, 6) is -0.292. The average molecular weight is 274 g/mol. The van der Waals surface area contributed by atoms with Gasteiger partial charge in [-0.3, -0.25) is 9.78 Å². The maximum Gasteiger partial charge on any atom is 0.488 e. The third-order valence-electron chi connectivity index (χ3n) is 2.60. The number of rotatable bonds is 4. The molecule has 1 saturated carbocycles. The zero-order valence-corrected chi connectivity index (χ0v) is 10.3. The summed E-state index contributed by atoms with van der Waals surface area (Å²) in [5, 5.41) is 2.73. The van der Waals surface area contributed by atoms with Crippen molar-refractivity contribution >= 4 is 16.4 Å². The lowest BCUT2D eigenvalue weighted by Crippen LogP contribution is -2.26. The molecule has 98 valence electrons. The zero-order valence-electron chi connectivity index (χ0n) is 9.46. The molecule has 0 aliphatic heterocycles. The molecular weight excluding hydrogens is 263 g/mol. The molecule has 6 nitrogen and oxygen atoms in total. The van der Waals surface area contributed by atoms with E-state index >= 15 is 0 Å². The Labute approximate surface area is 104 Å². The van der Waals surface area contributed by atoms with Crippen molar-refractivity contribution in [2.24, 2.45) is 5.92 Å². The van der Waals surface area contributed by atoms with Gasteiger partial charge >= 0.3 is 10.5 Å². The summed E-state index contributed by atoms with van der Waals surface area (Å²) in [6.07, 6.45) is 3.17. The van der Waals surface area contributed by atoms with E-state index in [4.69, 9.17) is 0 Å². The van der Waals surface area contributed by atoms with Crippen LogP contribution in [0.15, 0.2) is 18.5 Å². The lowest BCUT2D eigenvalue weighted by atomic mass is 10.2. The molecule has 2 rings (SSSR count). The van der Waals surface area contributed by atoms with Gasteiger partial charge in [0.25, 0.3) is 5.91 Å². The fraction of sp³-hybridized carbons (Fsp3) is 0.400. The third kappa shape index (κ3) is 3.39. The molecule has 1 fully saturated rings. The van der Waals surface area contributed by atoms with Crippen LogP contribution in [0.1, 0.15) is 23.7 Å². The second-order valence-corrected chi connectivity index (χ2v) is 5.13. The molecule has 0 bridgehead atoms. The first-order valence-electron chi connectivity index (χ1n) is 5.25. The number of halogens is 1. The van der Waals surface area contributed by atoms with E-state index in [9.17, 15) is 17.1 Å². The van der Waals surface area contributed by atoms with Crippen LogP contribution in [0.25, 0.3) is 0 Å². The molecule has 0 unspecified atom stereocenters. The SMILES string of the molecule is C[C@@H]1C[C@H]1NC(=O)c1cncc(OS(=O)(=O)F)c1. The molecule has 0 aromatic carbocycles. The van der Waals surface area contributed by atoms with Crippen molar-refractivity contribution in [3.8, 4) is 5.75 Å². The number of amides is 1. The monoisotopic (exact) mass is 274 g/mol. The molecule has 1 heterocycles. The Hall–Kier alpha value is -1.70. The van der Waals surface area contributed by atoms with Gasteiger partial charge in [-0.2, -0.15) is 8.42 Å². The molecule has 8 heteroatoms. The Balaban J connectivity index is 2.09. The number of pyridine rings is 1. The maximum atomic E-state index is 12.3. The van der Waals surface area contributed by atoms with Crippen LogP contribution < -0.4 is 9.50 Å². The molecule has 18 heavy (non-hydrogen) atoms. The predicted molar refractivity (Wildman–Crippen MR) is 59.9 cm³/mol. The van der Waals surface area contributed by atoms with Gasteiger partial charge in [-0.05, 0) is 18.4 Å². The van der Waals surface area contributed by atoms with Gasteiger partial charge in [-0.25, -0.2) is 0 Å². The third-order valence-corrected chi connectivity index (χ3v) is 2.99. The van der Waals surface area contributed by atoms with Gasteiger partial charge in [0.05, 0.1) is 11.8 Å². The summed E-state index contributed by atoms with van der Waals surface area (Å²) >= 11 is 0. The molecule has 1 aromatic heterocycles. The van der Waals surface area contributed by atoms with Crippen LogP contribution in [-0.2, 0) is 10.5 Å². The van der Waals surface area contributed by atoms with Gasteiger partial charge in [0.1, 0.15) is 0 Å². The lowest BCUT2D eigenvalue weighted by molar-refractivity contribution is 0.0948. The van der Waals surface area contributed by atoms with Crippen LogP contribution in [0.2, 0.25) is 0 Å². The molecule has 1 aliphatic rings. The summed E-state index contributed by atoms with van der Waals surface area (Å²) in [7, 11) is -5.11. The molecule has 0 saturated heterocycles. The fourth-order valence-electron chi connectivity index (χ4n) is 1.48. The number of carbonyl (C=O) groups excluding carboxylic acids is 1. The van der Waals surface area contributed by atoms with E-state index in [1.54, 1.807) is 0 Å². The minimum atomic E-state index is -5.11. The highest BCUT2D eigenvalue weighted by atomic mass is 32.3. The van der Waals surface area contributed by atoms with Gasteiger partial charge in [0, 0.05) is 12.2 Å². The van der Waals surface area contributed by atoms with Crippen LogP contribution in [0, 0.1) is 5.92 Å². The summed E-state index contributed by atoms with van der Waals surface area (Å²) in [6.45, 7) is 2.00. The van der Waals surface area contributed by atoms with Crippen molar-refractivity contribution in [1.82, 2.24) is 10.3 Å². The van der Waals surface area contributed by atoms with Gasteiger partial charge in [0.2, 0.25) is 0 Å². The van der Waals surface area contributed by atoms with Gasteiger partial charge < -0.3 is 9.50 Å². The maximum absolute atomic E-state index is 12.3. The molecule has 1 amide bonds. The first kappa shape index (κ1) is 12.7. The Morgan fingerprint density at radius 3 is 2.78 bits per heavy atom. The molecule has 2 atom stereocenters. The van der Waals surface area contributed by atoms with Crippen LogP contribution in [0.4, 0.5) is 3.89 Å². The minimum Gasteiger partial charge on any atom is -0.357 e. The normalized spacial score (nSPS) is 22.3. The first-order chi connectivity index (χ1) is 8.35. The quantitative estimate of drug-likeness (QED) is 0.821. The molecule has 0 spiro atoms.